The number of hydrogen-bond acceptors (Lipinski definition) is 4. The van der Waals surface area contributed by atoms with E-state index in [0.717, 1.165) is 16.7 Å². The van der Waals surface area contributed by atoms with Gasteiger partial charge in [0, 0.05) is 10.7 Å². The van der Waals surface area contributed by atoms with E-state index in [4.69, 9.17) is 21.1 Å². The average molecular weight is 447 g/mol. The Morgan fingerprint density at radius 3 is 2.59 bits per heavy atom. The molecule has 0 radical (unpaired) electrons. The van der Waals surface area contributed by atoms with E-state index >= 15 is 0 Å². The van der Waals surface area contributed by atoms with E-state index in [1.54, 1.807) is 43.5 Å². The van der Waals surface area contributed by atoms with Gasteiger partial charge in [0.15, 0.2) is 11.5 Å². The van der Waals surface area contributed by atoms with Gasteiger partial charge in [-0.2, -0.15) is 5.26 Å². The zero-order valence-corrected chi connectivity index (χ0v) is 18.9. The number of methoxy groups -OCH3 is 1. The second-order valence-electron chi connectivity index (χ2n) is 7.27. The van der Waals surface area contributed by atoms with Crippen LogP contribution in [0.1, 0.15) is 22.3 Å². The number of nitrogens with zero attached hydrogens (tertiary/aromatic N) is 1. The van der Waals surface area contributed by atoms with Gasteiger partial charge in [0.1, 0.15) is 18.2 Å². The molecule has 32 heavy (non-hydrogen) atoms. The highest BCUT2D eigenvalue weighted by molar-refractivity contribution is 6.30. The van der Waals surface area contributed by atoms with Crippen LogP contribution >= 0.6 is 11.6 Å². The number of halogens is 1. The Hall–Kier alpha value is -3.75. The normalized spacial score (nSPS) is 10.9. The predicted octanol–water partition coefficient (Wildman–Crippen LogP) is 6.09. The van der Waals surface area contributed by atoms with Crippen LogP contribution in [0, 0.1) is 25.2 Å². The Labute approximate surface area is 192 Å². The molecule has 0 aliphatic heterocycles. The van der Waals surface area contributed by atoms with Crippen molar-refractivity contribution in [1.82, 2.24) is 0 Å². The van der Waals surface area contributed by atoms with E-state index in [0.29, 0.717) is 34.4 Å². The van der Waals surface area contributed by atoms with Crippen LogP contribution in [0.15, 0.2) is 66.2 Å². The lowest BCUT2D eigenvalue weighted by atomic mass is 10.1. The van der Waals surface area contributed by atoms with Crippen molar-refractivity contribution in [3.63, 3.8) is 0 Å². The molecule has 3 aromatic rings. The number of hydrogen-bond donors (Lipinski definition) is 1. The number of nitriles is 1. The van der Waals surface area contributed by atoms with Crippen LogP contribution in [0.5, 0.6) is 11.5 Å². The van der Waals surface area contributed by atoms with E-state index in [2.05, 4.69) is 11.4 Å². The van der Waals surface area contributed by atoms with E-state index in [1.165, 1.54) is 6.08 Å². The lowest BCUT2D eigenvalue weighted by Crippen LogP contribution is -2.14. The van der Waals surface area contributed by atoms with E-state index < -0.39 is 5.91 Å². The van der Waals surface area contributed by atoms with Crippen molar-refractivity contribution >= 4 is 29.3 Å². The number of rotatable bonds is 7. The monoisotopic (exact) mass is 446 g/mol. The molecular formula is C26H23ClN2O3. The fourth-order valence-electron chi connectivity index (χ4n) is 3.13. The minimum atomic E-state index is -0.503. The van der Waals surface area contributed by atoms with E-state index in [1.807, 2.05) is 38.1 Å². The molecule has 0 aliphatic carbocycles. The number of benzene rings is 3. The average Bonchev–Trinajstić information content (AvgIpc) is 2.78. The number of amides is 1. The van der Waals surface area contributed by atoms with Gasteiger partial charge >= 0.3 is 0 Å². The first-order valence-electron chi connectivity index (χ1n) is 9.95. The maximum absolute atomic E-state index is 12.6. The summed E-state index contributed by atoms with van der Waals surface area (Å²) in [5.74, 6) is 0.584. The molecule has 162 valence electrons. The third kappa shape index (κ3) is 5.90. The maximum atomic E-state index is 12.6. The summed E-state index contributed by atoms with van der Waals surface area (Å²) in [4.78, 5) is 12.6. The summed E-state index contributed by atoms with van der Waals surface area (Å²) in [6.45, 7) is 4.26. The van der Waals surface area contributed by atoms with E-state index in [9.17, 15) is 10.1 Å². The molecule has 0 atom stereocenters. The summed E-state index contributed by atoms with van der Waals surface area (Å²) in [6.07, 6.45) is 1.51. The maximum Gasteiger partial charge on any atom is 0.266 e. The molecule has 1 amide bonds. The van der Waals surface area contributed by atoms with Crippen molar-refractivity contribution in [2.24, 2.45) is 0 Å². The Morgan fingerprint density at radius 1 is 1.09 bits per heavy atom. The predicted molar refractivity (Wildman–Crippen MR) is 127 cm³/mol. The summed E-state index contributed by atoms with van der Waals surface area (Å²) < 4.78 is 11.4. The molecule has 0 saturated heterocycles. The van der Waals surface area contributed by atoms with Gasteiger partial charge in [-0.1, -0.05) is 47.5 Å². The molecule has 3 aromatic carbocycles. The number of carbonyl (C=O) groups excluding carboxylic acids is 1. The summed E-state index contributed by atoms with van der Waals surface area (Å²) >= 11 is 5.96. The van der Waals surface area contributed by atoms with Crippen molar-refractivity contribution in [3.05, 3.63) is 93.5 Å². The van der Waals surface area contributed by atoms with Crippen LogP contribution in [0.4, 0.5) is 5.69 Å². The highest BCUT2D eigenvalue weighted by Gasteiger charge is 2.12. The third-order valence-electron chi connectivity index (χ3n) is 4.78. The molecule has 6 heteroatoms. The molecule has 0 saturated carbocycles. The second-order valence-corrected chi connectivity index (χ2v) is 7.71. The summed E-state index contributed by atoms with van der Waals surface area (Å²) in [5.41, 5.74) is 4.23. The van der Waals surface area contributed by atoms with Crippen LogP contribution in [0.3, 0.4) is 0 Å². The van der Waals surface area contributed by atoms with Gasteiger partial charge in [0.2, 0.25) is 0 Å². The van der Waals surface area contributed by atoms with Crippen LogP contribution < -0.4 is 14.8 Å². The first-order chi connectivity index (χ1) is 15.4. The number of nitrogens with one attached hydrogen (secondary N) is 1. The summed E-state index contributed by atoms with van der Waals surface area (Å²) in [7, 11) is 1.55. The molecule has 0 spiro atoms. The quantitative estimate of drug-likeness (QED) is 0.352. The minimum Gasteiger partial charge on any atom is -0.493 e. The fraction of sp³-hybridized carbons (Fsp3) is 0.154. The molecule has 0 heterocycles. The topological polar surface area (TPSA) is 71.3 Å². The zero-order valence-electron chi connectivity index (χ0n) is 18.1. The summed E-state index contributed by atoms with van der Waals surface area (Å²) in [6, 6.07) is 20.4. The van der Waals surface area contributed by atoms with Crippen LogP contribution in [-0.2, 0) is 11.4 Å². The van der Waals surface area contributed by atoms with Gasteiger partial charge in [-0.05, 0) is 66.9 Å². The highest BCUT2D eigenvalue weighted by Crippen LogP contribution is 2.30. The standard InChI is InChI=1S/C26H23ClN2O3/c1-17-5-4-6-20(11-17)16-32-24-10-7-19(14-25(24)31-3)13-21(15-28)26(30)29-23-9-8-22(27)12-18(23)2/h4-14H,16H2,1-3H3,(H,29,30)/b21-13+. The minimum absolute atomic E-state index is 0.0326. The highest BCUT2D eigenvalue weighted by atomic mass is 35.5. The number of anilines is 1. The van der Waals surface area contributed by atoms with Crippen molar-refractivity contribution in [2.75, 3.05) is 12.4 Å². The molecule has 0 unspecified atom stereocenters. The largest absolute Gasteiger partial charge is 0.493 e. The van der Waals surface area contributed by atoms with Gasteiger partial charge in [0.05, 0.1) is 7.11 Å². The molecule has 0 aliphatic rings. The van der Waals surface area contributed by atoms with Crippen molar-refractivity contribution in [3.8, 4) is 17.6 Å². The van der Waals surface area contributed by atoms with Gasteiger partial charge in [-0.25, -0.2) is 0 Å². The van der Waals surface area contributed by atoms with Crippen LogP contribution in [0.2, 0.25) is 5.02 Å². The van der Waals surface area contributed by atoms with Crippen LogP contribution in [-0.4, -0.2) is 13.0 Å². The second kappa shape index (κ2) is 10.5. The fourth-order valence-corrected chi connectivity index (χ4v) is 3.36. The lowest BCUT2D eigenvalue weighted by molar-refractivity contribution is -0.112. The molecular weight excluding hydrogens is 424 g/mol. The Morgan fingerprint density at radius 2 is 1.91 bits per heavy atom. The third-order valence-corrected chi connectivity index (χ3v) is 5.01. The first-order valence-corrected chi connectivity index (χ1v) is 10.3. The van der Waals surface area contributed by atoms with Gasteiger partial charge in [0.25, 0.3) is 5.91 Å². The summed E-state index contributed by atoms with van der Waals surface area (Å²) in [5, 5.41) is 12.8. The molecule has 1 N–H and O–H groups in total. The molecule has 0 fully saturated rings. The van der Waals surface area contributed by atoms with Crippen molar-refractivity contribution < 1.29 is 14.3 Å². The molecule has 3 rings (SSSR count). The number of ether oxygens (including phenoxy) is 2. The Balaban J connectivity index is 1.76. The first kappa shape index (κ1) is 22.9. The van der Waals surface area contributed by atoms with Crippen LogP contribution in [0.25, 0.3) is 6.08 Å². The Kier molecular flexibility index (Phi) is 7.54. The van der Waals surface area contributed by atoms with Crippen molar-refractivity contribution in [1.29, 1.82) is 5.26 Å². The Bertz CT molecular complexity index is 1210. The lowest BCUT2D eigenvalue weighted by Gasteiger charge is -2.12. The van der Waals surface area contributed by atoms with Gasteiger partial charge in [-0.3, -0.25) is 4.79 Å². The SMILES string of the molecule is COc1cc(/C=C(\C#N)C(=O)Nc2ccc(Cl)cc2C)ccc1OCc1cccc(C)c1. The number of aryl methyl sites for hydroxylation is 2. The van der Waals surface area contributed by atoms with Gasteiger partial charge in [-0.15, -0.1) is 0 Å². The smallest absolute Gasteiger partial charge is 0.266 e. The van der Waals surface area contributed by atoms with Gasteiger partial charge < -0.3 is 14.8 Å². The number of carbonyl (C=O) groups is 1. The molecule has 5 nitrogen and oxygen atoms in total. The zero-order chi connectivity index (χ0) is 23.1. The van der Waals surface area contributed by atoms with Crippen molar-refractivity contribution in [2.45, 2.75) is 20.5 Å². The van der Waals surface area contributed by atoms with E-state index in [-0.39, 0.29) is 5.57 Å². The molecule has 0 bridgehead atoms. The molecule has 0 aromatic heterocycles.